The predicted molar refractivity (Wildman–Crippen MR) is 120 cm³/mol. The largest absolute Gasteiger partial charge is 0.270 e. The van der Waals surface area contributed by atoms with Crippen LogP contribution in [0.25, 0.3) is 0 Å². The van der Waals surface area contributed by atoms with Crippen molar-refractivity contribution in [3.8, 4) is 0 Å². The van der Waals surface area contributed by atoms with Crippen molar-refractivity contribution in [2.75, 3.05) is 19.0 Å². The third kappa shape index (κ3) is 23.1. The van der Waals surface area contributed by atoms with Gasteiger partial charge in [0.25, 0.3) is 10.1 Å². The molecule has 4 nitrogen and oxygen atoms in total. The summed E-state index contributed by atoms with van der Waals surface area (Å²) >= 11 is 0. The number of halogens is 1. The molecule has 0 fully saturated rings. The van der Waals surface area contributed by atoms with Gasteiger partial charge in [0.1, 0.15) is 0 Å². The maximum Gasteiger partial charge on any atom is 0.267 e. The van der Waals surface area contributed by atoms with Crippen LogP contribution in [0.2, 0.25) is 0 Å². The number of hydrogen-bond acceptors (Lipinski definition) is 4. The van der Waals surface area contributed by atoms with E-state index in [1.807, 2.05) is 18.2 Å². The Balaban J connectivity index is 0.00000110. The zero-order valence-electron chi connectivity index (χ0n) is 18.4. The minimum atomic E-state index is -3.36. The van der Waals surface area contributed by atoms with Gasteiger partial charge in [-0.3, -0.25) is 13.6 Å². The monoisotopic (exact) mass is 431 g/mol. The molecule has 0 saturated carbocycles. The fourth-order valence-corrected chi connectivity index (χ4v) is 3.92. The molecule has 0 radical (unpaired) electrons. The molecule has 0 aromatic carbocycles. The topological polar surface area (TPSA) is 56.3 Å². The van der Waals surface area contributed by atoms with E-state index in [1.165, 1.54) is 44.9 Å². The second kappa shape index (κ2) is 21.7. The fourth-order valence-electron chi connectivity index (χ4n) is 2.87. The van der Waals surface area contributed by atoms with Gasteiger partial charge in [-0.15, -0.1) is 0 Å². The molecule has 1 heterocycles. The zero-order valence-corrected chi connectivity index (χ0v) is 19.2. The van der Waals surface area contributed by atoms with Crippen molar-refractivity contribution < 1.29 is 17.0 Å². The summed E-state index contributed by atoms with van der Waals surface area (Å²) < 4.78 is 40.3. The van der Waals surface area contributed by atoms with Crippen LogP contribution in [0.4, 0.5) is 4.39 Å². The number of pyridine rings is 1. The summed E-state index contributed by atoms with van der Waals surface area (Å²) in [6.45, 7) is 2.26. The highest BCUT2D eigenvalue weighted by Gasteiger charge is 2.10. The normalized spacial score (nSPS) is 11.1. The average Bonchev–Trinajstić information content (AvgIpc) is 2.73. The van der Waals surface area contributed by atoms with Gasteiger partial charge in [0.2, 0.25) is 0 Å². The summed E-state index contributed by atoms with van der Waals surface area (Å²) in [5, 5.41) is 0. The molecule has 1 aromatic rings. The highest BCUT2D eigenvalue weighted by atomic mass is 32.2. The summed E-state index contributed by atoms with van der Waals surface area (Å²) in [5.41, 5.74) is 0. The van der Waals surface area contributed by atoms with Gasteiger partial charge in [-0.1, -0.05) is 83.6 Å². The summed E-state index contributed by atoms with van der Waals surface area (Å²) in [5.74, 6) is 0.0973. The number of aromatic nitrogens is 1. The van der Waals surface area contributed by atoms with E-state index in [0.717, 1.165) is 32.1 Å². The Morgan fingerprint density at radius 2 is 1.24 bits per heavy atom. The molecule has 170 valence electrons. The molecule has 0 N–H and O–H groups in total. The van der Waals surface area contributed by atoms with Crippen LogP contribution in [0.3, 0.4) is 0 Å². The molecule has 0 aliphatic rings. The van der Waals surface area contributed by atoms with Gasteiger partial charge < -0.3 is 0 Å². The first-order chi connectivity index (χ1) is 14.1. The molecule has 0 aliphatic carbocycles. The number of unbranched alkanes of at least 4 members (excludes halogenated alkanes) is 12. The van der Waals surface area contributed by atoms with Crippen molar-refractivity contribution in [2.45, 2.75) is 96.8 Å². The molecule has 0 saturated heterocycles. The highest BCUT2D eigenvalue weighted by Crippen LogP contribution is 2.11. The van der Waals surface area contributed by atoms with Gasteiger partial charge in [0.05, 0.1) is 19.0 Å². The minimum absolute atomic E-state index is 0.0973. The van der Waals surface area contributed by atoms with Crippen LogP contribution in [0.1, 0.15) is 96.8 Å². The predicted octanol–water partition coefficient (Wildman–Crippen LogP) is 6.87. The van der Waals surface area contributed by atoms with Crippen molar-refractivity contribution >= 4 is 10.1 Å². The van der Waals surface area contributed by atoms with Gasteiger partial charge in [-0.2, -0.15) is 8.42 Å². The van der Waals surface area contributed by atoms with Crippen LogP contribution in [0, 0.1) is 0 Å². The molecular weight excluding hydrogens is 389 g/mol. The van der Waals surface area contributed by atoms with Crippen LogP contribution >= 0.6 is 0 Å². The summed E-state index contributed by atoms with van der Waals surface area (Å²) in [6.07, 6.45) is 18.1. The van der Waals surface area contributed by atoms with Crippen molar-refractivity contribution in [1.29, 1.82) is 0 Å². The van der Waals surface area contributed by atoms with E-state index in [-0.39, 0.29) is 12.4 Å². The lowest BCUT2D eigenvalue weighted by Gasteiger charge is -2.06. The molecule has 0 bridgehead atoms. The number of hydrogen-bond donors (Lipinski definition) is 0. The Hall–Kier alpha value is -1.01. The van der Waals surface area contributed by atoms with Crippen molar-refractivity contribution in [3.63, 3.8) is 0 Å². The van der Waals surface area contributed by atoms with E-state index in [1.54, 1.807) is 12.4 Å². The van der Waals surface area contributed by atoms with Gasteiger partial charge in [-0.05, 0) is 31.4 Å². The van der Waals surface area contributed by atoms with Crippen molar-refractivity contribution in [3.05, 3.63) is 30.6 Å². The molecule has 1 rings (SSSR count). The Labute approximate surface area is 178 Å². The molecule has 0 atom stereocenters. The Morgan fingerprint density at radius 3 is 1.72 bits per heavy atom. The van der Waals surface area contributed by atoms with Crippen molar-refractivity contribution in [2.24, 2.45) is 0 Å². The van der Waals surface area contributed by atoms with E-state index in [0.29, 0.717) is 19.4 Å². The SMILES string of the molecule is CCCCCCCCCCCOS(=O)(=O)CCCCCCCF.c1ccncc1. The smallest absolute Gasteiger partial charge is 0.267 e. The maximum absolute atomic E-state index is 11.9. The molecule has 6 heteroatoms. The molecule has 0 spiro atoms. The van der Waals surface area contributed by atoms with E-state index >= 15 is 0 Å². The molecule has 0 unspecified atom stereocenters. The third-order valence-corrected chi connectivity index (χ3v) is 5.92. The third-order valence-electron chi connectivity index (χ3n) is 4.61. The average molecular weight is 432 g/mol. The van der Waals surface area contributed by atoms with E-state index in [9.17, 15) is 12.8 Å². The number of rotatable bonds is 18. The van der Waals surface area contributed by atoms with E-state index in [4.69, 9.17) is 4.18 Å². The lowest BCUT2D eigenvalue weighted by Crippen LogP contribution is -2.11. The quantitative estimate of drug-likeness (QED) is 0.188. The van der Waals surface area contributed by atoms with E-state index in [2.05, 4.69) is 11.9 Å². The van der Waals surface area contributed by atoms with Crippen molar-refractivity contribution in [1.82, 2.24) is 4.98 Å². The lowest BCUT2D eigenvalue weighted by atomic mass is 10.1. The second-order valence-corrected chi connectivity index (χ2v) is 9.15. The van der Waals surface area contributed by atoms with Crippen LogP contribution < -0.4 is 0 Å². The molecule has 29 heavy (non-hydrogen) atoms. The Bertz CT molecular complexity index is 499. The lowest BCUT2D eigenvalue weighted by molar-refractivity contribution is 0.305. The van der Waals surface area contributed by atoms with Gasteiger partial charge >= 0.3 is 0 Å². The van der Waals surface area contributed by atoms with Crippen LogP contribution in [0.5, 0.6) is 0 Å². The molecule has 1 aromatic heterocycles. The second-order valence-electron chi connectivity index (χ2n) is 7.39. The minimum Gasteiger partial charge on any atom is -0.270 e. The first-order valence-electron chi connectivity index (χ1n) is 11.4. The summed E-state index contributed by atoms with van der Waals surface area (Å²) in [4.78, 5) is 3.78. The summed E-state index contributed by atoms with van der Waals surface area (Å²) in [6, 6.07) is 5.72. The standard InChI is InChI=1S/C18H37FO3S.C5H5N/c1-2-3-4-5-6-7-8-11-14-17-22-23(20,21)18-15-12-9-10-13-16-19;1-2-4-6-5-3-1/h2-18H2,1H3;1-5H. The van der Waals surface area contributed by atoms with Crippen LogP contribution in [0.15, 0.2) is 30.6 Å². The number of nitrogens with zero attached hydrogens (tertiary/aromatic N) is 1. The Kier molecular flexibility index (Phi) is 20.9. The highest BCUT2D eigenvalue weighted by molar-refractivity contribution is 7.86. The van der Waals surface area contributed by atoms with E-state index < -0.39 is 10.1 Å². The molecule has 0 amide bonds. The maximum atomic E-state index is 11.9. The van der Waals surface area contributed by atoms with Crippen LogP contribution in [-0.2, 0) is 14.3 Å². The molecular formula is C23H42FNO3S. The number of alkyl halides is 1. The van der Waals surface area contributed by atoms with Gasteiger partial charge in [0.15, 0.2) is 0 Å². The first-order valence-corrected chi connectivity index (χ1v) is 13.0. The van der Waals surface area contributed by atoms with Crippen LogP contribution in [-0.4, -0.2) is 32.4 Å². The summed E-state index contributed by atoms with van der Waals surface area (Å²) in [7, 11) is -3.36. The molecule has 0 aliphatic heterocycles. The first kappa shape index (κ1) is 28.0. The zero-order chi connectivity index (χ0) is 21.5. The van der Waals surface area contributed by atoms with Gasteiger partial charge in [-0.25, -0.2) is 0 Å². The Morgan fingerprint density at radius 1 is 0.724 bits per heavy atom. The fraction of sp³-hybridized carbons (Fsp3) is 0.783. The van der Waals surface area contributed by atoms with Gasteiger partial charge in [0, 0.05) is 12.4 Å².